The Morgan fingerprint density at radius 1 is 0.938 bits per heavy atom. The molecule has 1 amide bonds. The summed E-state index contributed by atoms with van der Waals surface area (Å²) in [7, 11) is -3.98. The van der Waals surface area contributed by atoms with E-state index in [0.717, 1.165) is 11.1 Å². The van der Waals surface area contributed by atoms with Crippen LogP contribution >= 0.6 is 23.2 Å². The Hall–Kier alpha value is -2.38. The standard InChI is InChI=1S/C24H24Cl2N2O3S/c1-15-12-16(2)23(17(3)13-15)32(30,31)28-21(14-18-8-5-4-6-9-18)24(29)27-20-11-7-10-19(25)22(20)26/h4-13,21,28H,14H2,1-3H3,(H,27,29). The minimum absolute atomic E-state index is 0.161. The third kappa shape index (κ3) is 5.70. The Bertz CT molecular complexity index is 1220. The van der Waals surface area contributed by atoms with E-state index in [1.807, 2.05) is 37.3 Å². The summed E-state index contributed by atoms with van der Waals surface area (Å²) in [5, 5.41) is 3.18. The number of aryl methyl sites for hydroxylation is 3. The molecule has 0 aliphatic rings. The molecule has 0 spiro atoms. The lowest BCUT2D eigenvalue weighted by atomic mass is 10.1. The Morgan fingerprint density at radius 3 is 2.19 bits per heavy atom. The van der Waals surface area contributed by atoms with Gasteiger partial charge >= 0.3 is 0 Å². The smallest absolute Gasteiger partial charge is 0.242 e. The van der Waals surface area contributed by atoms with Gasteiger partial charge in [-0.1, -0.05) is 77.3 Å². The Labute approximate surface area is 198 Å². The molecule has 8 heteroatoms. The normalized spacial score (nSPS) is 12.4. The fraction of sp³-hybridized carbons (Fsp3) is 0.208. The summed E-state index contributed by atoms with van der Waals surface area (Å²) in [6.45, 7) is 5.39. The number of anilines is 1. The highest BCUT2D eigenvalue weighted by molar-refractivity contribution is 7.89. The molecular weight excluding hydrogens is 467 g/mol. The number of sulfonamides is 1. The van der Waals surface area contributed by atoms with E-state index in [1.165, 1.54) is 0 Å². The number of nitrogens with one attached hydrogen (secondary N) is 2. The van der Waals surface area contributed by atoms with Gasteiger partial charge in [-0.2, -0.15) is 4.72 Å². The average molecular weight is 491 g/mol. The summed E-state index contributed by atoms with van der Waals surface area (Å²) in [5.74, 6) is -0.538. The second-order valence-corrected chi connectivity index (χ2v) is 10.1. The molecule has 0 radical (unpaired) electrons. The number of rotatable bonds is 7. The first kappa shape index (κ1) is 24.3. The molecule has 0 saturated heterocycles. The maximum atomic E-state index is 13.3. The lowest BCUT2D eigenvalue weighted by Crippen LogP contribution is -2.45. The zero-order valence-corrected chi connectivity index (χ0v) is 20.3. The number of hydrogen-bond donors (Lipinski definition) is 2. The number of benzene rings is 3. The van der Waals surface area contributed by atoms with Gasteiger partial charge in [0.05, 0.1) is 20.6 Å². The molecule has 0 aliphatic heterocycles. The summed E-state index contributed by atoms with van der Waals surface area (Å²) in [6.07, 6.45) is 0.161. The van der Waals surface area contributed by atoms with Gasteiger partial charge in [0.15, 0.2) is 0 Å². The molecule has 0 heterocycles. The van der Waals surface area contributed by atoms with E-state index in [4.69, 9.17) is 23.2 Å². The van der Waals surface area contributed by atoms with Crippen molar-refractivity contribution in [3.05, 3.63) is 93.0 Å². The van der Waals surface area contributed by atoms with Crippen LogP contribution in [0, 0.1) is 20.8 Å². The molecule has 5 nitrogen and oxygen atoms in total. The highest BCUT2D eigenvalue weighted by atomic mass is 35.5. The van der Waals surface area contributed by atoms with Crippen LogP contribution in [0.4, 0.5) is 5.69 Å². The number of halogens is 2. The van der Waals surface area contributed by atoms with Gasteiger partial charge in [-0.3, -0.25) is 4.79 Å². The van der Waals surface area contributed by atoms with Gasteiger partial charge in [-0.05, 0) is 56.0 Å². The molecule has 168 valence electrons. The van der Waals surface area contributed by atoms with Crippen molar-refractivity contribution in [2.45, 2.75) is 38.1 Å². The molecule has 0 fully saturated rings. The van der Waals surface area contributed by atoms with Gasteiger partial charge in [-0.15, -0.1) is 0 Å². The molecule has 0 aromatic heterocycles. The van der Waals surface area contributed by atoms with Crippen molar-refractivity contribution in [1.29, 1.82) is 0 Å². The maximum absolute atomic E-state index is 13.3. The molecule has 3 aromatic rings. The molecule has 3 rings (SSSR count). The van der Waals surface area contributed by atoms with E-state index in [1.54, 1.807) is 44.2 Å². The quantitative estimate of drug-likeness (QED) is 0.462. The van der Waals surface area contributed by atoms with Crippen LogP contribution in [0.1, 0.15) is 22.3 Å². The first-order valence-corrected chi connectivity index (χ1v) is 12.2. The van der Waals surface area contributed by atoms with Crippen LogP contribution in [-0.2, 0) is 21.2 Å². The average Bonchev–Trinajstić information content (AvgIpc) is 2.70. The summed E-state index contributed by atoms with van der Waals surface area (Å²) in [4.78, 5) is 13.3. The first-order chi connectivity index (χ1) is 15.1. The fourth-order valence-corrected chi connectivity index (χ4v) is 5.69. The minimum Gasteiger partial charge on any atom is -0.323 e. The topological polar surface area (TPSA) is 75.3 Å². The lowest BCUT2D eigenvalue weighted by molar-refractivity contribution is -0.117. The predicted octanol–water partition coefficient (Wildman–Crippen LogP) is 5.45. The van der Waals surface area contributed by atoms with Crippen LogP contribution in [0.2, 0.25) is 10.0 Å². The molecule has 0 aliphatic carbocycles. The molecule has 1 unspecified atom stereocenters. The molecular formula is C24H24Cl2N2O3S. The third-order valence-corrected chi connectivity index (χ3v) is 7.57. The molecule has 1 atom stereocenters. The second-order valence-electron chi connectivity index (χ2n) is 7.68. The van der Waals surface area contributed by atoms with Crippen molar-refractivity contribution in [2.75, 3.05) is 5.32 Å². The van der Waals surface area contributed by atoms with Gasteiger partial charge in [0.25, 0.3) is 0 Å². The zero-order valence-electron chi connectivity index (χ0n) is 17.9. The lowest BCUT2D eigenvalue weighted by Gasteiger charge is -2.21. The monoisotopic (exact) mass is 490 g/mol. The molecule has 2 N–H and O–H groups in total. The first-order valence-electron chi connectivity index (χ1n) is 9.97. The summed E-state index contributed by atoms with van der Waals surface area (Å²) in [5.41, 5.74) is 3.32. The highest BCUT2D eigenvalue weighted by Crippen LogP contribution is 2.30. The van der Waals surface area contributed by atoms with Crippen LogP contribution in [0.15, 0.2) is 65.6 Å². The van der Waals surface area contributed by atoms with Crippen molar-refractivity contribution in [3.63, 3.8) is 0 Å². The van der Waals surface area contributed by atoms with Crippen molar-refractivity contribution >= 4 is 44.8 Å². The largest absolute Gasteiger partial charge is 0.323 e. The van der Waals surface area contributed by atoms with Crippen molar-refractivity contribution in [2.24, 2.45) is 0 Å². The Kier molecular flexibility index (Phi) is 7.62. The van der Waals surface area contributed by atoms with Crippen molar-refractivity contribution < 1.29 is 13.2 Å². The van der Waals surface area contributed by atoms with Crippen LogP contribution in [0.25, 0.3) is 0 Å². The summed E-state index contributed by atoms with van der Waals surface area (Å²) in [6, 6.07) is 16.6. The van der Waals surface area contributed by atoms with E-state index in [-0.39, 0.29) is 21.4 Å². The minimum atomic E-state index is -3.98. The van der Waals surface area contributed by atoms with Crippen LogP contribution in [0.5, 0.6) is 0 Å². The van der Waals surface area contributed by atoms with E-state index in [0.29, 0.717) is 16.8 Å². The van der Waals surface area contributed by atoms with Gasteiger partial charge in [0, 0.05) is 0 Å². The third-order valence-electron chi connectivity index (χ3n) is 4.98. The molecule has 0 bridgehead atoms. The van der Waals surface area contributed by atoms with Crippen LogP contribution in [0.3, 0.4) is 0 Å². The van der Waals surface area contributed by atoms with Gasteiger partial charge in [-0.25, -0.2) is 8.42 Å². The van der Waals surface area contributed by atoms with Crippen molar-refractivity contribution in [1.82, 2.24) is 4.72 Å². The predicted molar refractivity (Wildman–Crippen MR) is 130 cm³/mol. The second kappa shape index (κ2) is 10.0. The van der Waals surface area contributed by atoms with Crippen LogP contribution in [-0.4, -0.2) is 20.4 Å². The van der Waals surface area contributed by atoms with E-state index >= 15 is 0 Å². The summed E-state index contributed by atoms with van der Waals surface area (Å²) >= 11 is 12.2. The molecule has 32 heavy (non-hydrogen) atoms. The molecule has 3 aromatic carbocycles. The van der Waals surface area contributed by atoms with E-state index in [2.05, 4.69) is 10.0 Å². The fourth-order valence-electron chi connectivity index (χ4n) is 3.69. The maximum Gasteiger partial charge on any atom is 0.242 e. The van der Waals surface area contributed by atoms with Gasteiger partial charge in [0.1, 0.15) is 6.04 Å². The SMILES string of the molecule is Cc1cc(C)c(S(=O)(=O)NC(Cc2ccccc2)C(=O)Nc2cccc(Cl)c2Cl)c(C)c1. The van der Waals surface area contributed by atoms with Gasteiger partial charge < -0.3 is 5.32 Å². The van der Waals surface area contributed by atoms with E-state index < -0.39 is 22.0 Å². The zero-order chi connectivity index (χ0) is 23.5. The highest BCUT2D eigenvalue weighted by Gasteiger charge is 2.29. The van der Waals surface area contributed by atoms with E-state index in [9.17, 15) is 13.2 Å². The number of amides is 1. The van der Waals surface area contributed by atoms with Gasteiger partial charge in [0.2, 0.25) is 15.9 Å². The summed E-state index contributed by atoms with van der Waals surface area (Å²) < 4.78 is 29.2. The number of carbonyl (C=O) groups is 1. The number of hydrogen-bond acceptors (Lipinski definition) is 3. The molecule has 0 saturated carbocycles. The Morgan fingerprint density at radius 2 is 1.56 bits per heavy atom. The van der Waals surface area contributed by atoms with Crippen LogP contribution < -0.4 is 10.0 Å². The van der Waals surface area contributed by atoms with Crippen molar-refractivity contribution in [3.8, 4) is 0 Å². The number of carbonyl (C=O) groups excluding carboxylic acids is 1. The Balaban J connectivity index is 1.96.